The summed E-state index contributed by atoms with van der Waals surface area (Å²) >= 11 is 2.34. The fraction of sp³-hybridized carbons (Fsp3) is 0.357. The minimum Gasteiger partial charge on any atom is -0.353 e. The van der Waals surface area contributed by atoms with Crippen molar-refractivity contribution in [2.45, 2.75) is 31.7 Å². The summed E-state index contributed by atoms with van der Waals surface area (Å²) in [5, 5.41) is 3.56. The molecule has 1 saturated carbocycles. The highest BCUT2D eigenvalue weighted by Gasteiger charge is 2.16. The van der Waals surface area contributed by atoms with Crippen LogP contribution in [-0.2, 0) is 0 Å². The molecule has 4 heteroatoms. The van der Waals surface area contributed by atoms with Gasteiger partial charge < -0.3 is 5.32 Å². The number of rotatable bonds is 3. The third-order valence-corrected chi connectivity index (χ3v) is 4.09. The highest BCUT2D eigenvalue weighted by atomic mass is 127. The molecular weight excluding hydrogens is 337 g/mol. The standard InChI is InChI=1S/C14H16IN3/c15-11-4-3-7-13(10-11)18-9-8-16-14(18)17-12-5-1-2-6-12/h3-4,7-10,12H,1-2,5-6H2,(H,16,17). The summed E-state index contributed by atoms with van der Waals surface area (Å²) in [4.78, 5) is 4.44. The van der Waals surface area contributed by atoms with E-state index < -0.39 is 0 Å². The number of halogens is 1. The maximum absolute atomic E-state index is 4.44. The van der Waals surface area contributed by atoms with Crippen molar-refractivity contribution in [3.05, 3.63) is 40.2 Å². The predicted octanol–water partition coefficient (Wildman–Crippen LogP) is 3.83. The number of benzene rings is 1. The molecule has 0 radical (unpaired) electrons. The zero-order valence-electron chi connectivity index (χ0n) is 10.1. The molecule has 94 valence electrons. The van der Waals surface area contributed by atoms with Gasteiger partial charge in [-0.05, 0) is 53.6 Å². The molecule has 1 aromatic heterocycles. The van der Waals surface area contributed by atoms with Crippen molar-refractivity contribution in [2.24, 2.45) is 0 Å². The van der Waals surface area contributed by atoms with Gasteiger partial charge in [-0.15, -0.1) is 0 Å². The molecule has 0 bridgehead atoms. The highest BCUT2D eigenvalue weighted by molar-refractivity contribution is 14.1. The summed E-state index contributed by atoms with van der Waals surface area (Å²) in [6.07, 6.45) is 9.07. The SMILES string of the molecule is Ic1cccc(-n2ccnc2NC2CCCC2)c1. The fourth-order valence-electron chi connectivity index (χ4n) is 2.50. The average Bonchev–Trinajstić information content (AvgIpc) is 3.01. The molecule has 2 aromatic rings. The molecule has 0 amide bonds. The van der Waals surface area contributed by atoms with Crippen LogP contribution in [0.1, 0.15) is 25.7 Å². The molecule has 1 fully saturated rings. The quantitative estimate of drug-likeness (QED) is 0.850. The van der Waals surface area contributed by atoms with Crippen LogP contribution >= 0.6 is 22.6 Å². The van der Waals surface area contributed by atoms with Gasteiger partial charge in [0.2, 0.25) is 5.95 Å². The zero-order chi connectivity index (χ0) is 12.4. The minimum atomic E-state index is 0.592. The van der Waals surface area contributed by atoms with Crippen LogP contribution in [0.5, 0.6) is 0 Å². The molecule has 0 unspecified atom stereocenters. The topological polar surface area (TPSA) is 29.9 Å². The van der Waals surface area contributed by atoms with E-state index in [4.69, 9.17) is 0 Å². The second-order valence-corrected chi connectivity index (χ2v) is 5.97. The van der Waals surface area contributed by atoms with Gasteiger partial charge in [0.25, 0.3) is 0 Å². The van der Waals surface area contributed by atoms with Gasteiger partial charge in [-0.1, -0.05) is 18.9 Å². The second-order valence-electron chi connectivity index (χ2n) is 4.73. The Morgan fingerprint density at radius 3 is 2.89 bits per heavy atom. The van der Waals surface area contributed by atoms with Crippen molar-refractivity contribution in [1.82, 2.24) is 9.55 Å². The number of anilines is 1. The van der Waals surface area contributed by atoms with Gasteiger partial charge in [-0.25, -0.2) is 4.98 Å². The summed E-state index contributed by atoms with van der Waals surface area (Å²) in [7, 11) is 0. The first-order valence-corrected chi connectivity index (χ1v) is 7.46. The number of aromatic nitrogens is 2. The molecule has 0 aliphatic heterocycles. The van der Waals surface area contributed by atoms with Crippen LogP contribution in [0.15, 0.2) is 36.7 Å². The average molecular weight is 353 g/mol. The number of nitrogens with one attached hydrogen (secondary N) is 1. The molecule has 0 spiro atoms. The molecule has 0 atom stereocenters. The van der Waals surface area contributed by atoms with Crippen LogP contribution in [0.2, 0.25) is 0 Å². The Hall–Kier alpha value is -1.04. The van der Waals surface area contributed by atoms with Crippen LogP contribution in [-0.4, -0.2) is 15.6 Å². The molecule has 3 nitrogen and oxygen atoms in total. The number of hydrogen-bond donors (Lipinski definition) is 1. The third kappa shape index (κ3) is 2.53. The normalized spacial score (nSPS) is 16.1. The molecule has 1 heterocycles. The Balaban J connectivity index is 1.86. The lowest BCUT2D eigenvalue weighted by Crippen LogP contribution is -2.17. The Kier molecular flexibility index (Phi) is 3.54. The molecule has 3 rings (SSSR count). The number of imidazole rings is 1. The Bertz CT molecular complexity index is 529. The van der Waals surface area contributed by atoms with E-state index >= 15 is 0 Å². The van der Waals surface area contributed by atoms with E-state index in [-0.39, 0.29) is 0 Å². The van der Waals surface area contributed by atoms with Crippen LogP contribution in [0.4, 0.5) is 5.95 Å². The van der Waals surface area contributed by atoms with E-state index in [1.54, 1.807) is 0 Å². The van der Waals surface area contributed by atoms with E-state index in [0.29, 0.717) is 6.04 Å². The monoisotopic (exact) mass is 353 g/mol. The van der Waals surface area contributed by atoms with E-state index in [1.807, 2.05) is 12.4 Å². The van der Waals surface area contributed by atoms with Gasteiger partial charge in [0.05, 0.1) is 0 Å². The Morgan fingerprint density at radius 1 is 1.28 bits per heavy atom. The summed E-state index contributed by atoms with van der Waals surface area (Å²) in [5.41, 5.74) is 1.17. The number of hydrogen-bond acceptors (Lipinski definition) is 2. The molecule has 1 aliphatic rings. The van der Waals surface area contributed by atoms with Gasteiger partial charge in [0.15, 0.2) is 0 Å². The van der Waals surface area contributed by atoms with Gasteiger partial charge >= 0.3 is 0 Å². The molecule has 1 aromatic carbocycles. The van der Waals surface area contributed by atoms with Crippen LogP contribution in [0, 0.1) is 3.57 Å². The van der Waals surface area contributed by atoms with Gasteiger partial charge in [-0.2, -0.15) is 0 Å². The van der Waals surface area contributed by atoms with Crippen molar-refractivity contribution in [3.8, 4) is 5.69 Å². The largest absolute Gasteiger partial charge is 0.353 e. The van der Waals surface area contributed by atoms with Crippen molar-refractivity contribution in [3.63, 3.8) is 0 Å². The lowest BCUT2D eigenvalue weighted by atomic mass is 10.2. The van der Waals surface area contributed by atoms with E-state index in [1.165, 1.54) is 34.9 Å². The maximum atomic E-state index is 4.44. The lowest BCUT2D eigenvalue weighted by molar-refractivity contribution is 0.740. The number of nitrogens with zero attached hydrogens (tertiary/aromatic N) is 2. The summed E-state index contributed by atoms with van der Waals surface area (Å²) in [5.74, 6) is 0.962. The molecule has 18 heavy (non-hydrogen) atoms. The molecular formula is C14H16IN3. The summed E-state index contributed by atoms with van der Waals surface area (Å²) in [6.45, 7) is 0. The lowest BCUT2D eigenvalue weighted by Gasteiger charge is -2.14. The zero-order valence-corrected chi connectivity index (χ0v) is 12.3. The van der Waals surface area contributed by atoms with E-state index in [2.05, 4.69) is 61.7 Å². The van der Waals surface area contributed by atoms with E-state index in [0.717, 1.165) is 5.95 Å². The second kappa shape index (κ2) is 5.30. The predicted molar refractivity (Wildman–Crippen MR) is 82.2 cm³/mol. The first kappa shape index (κ1) is 12.0. The van der Waals surface area contributed by atoms with Gasteiger partial charge in [-0.3, -0.25) is 4.57 Å². The smallest absolute Gasteiger partial charge is 0.207 e. The third-order valence-electron chi connectivity index (χ3n) is 3.42. The van der Waals surface area contributed by atoms with Crippen molar-refractivity contribution < 1.29 is 0 Å². The van der Waals surface area contributed by atoms with Crippen molar-refractivity contribution >= 4 is 28.5 Å². The first-order chi connectivity index (χ1) is 8.83. The van der Waals surface area contributed by atoms with E-state index in [9.17, 15) is 0 Å². The van der Waals surface area contributed by atoms with Crippen LogP contribution in [0.25, 0.3) is 5.69 Å². The summed E-state index contributed by atoms with van der Waals surface area (Å²) in [6, 6.07) is 9.06. The van der Waals surface area contributed by atoms with Crippen LogP contribution in [0.3, 0.4) is 0 Å². The van der Waals surface area contributed by atoms with Gasteiger partial charge in [0, 0.05) is 27.7 Å². The van der Waals surface area contributed by atoms with Crippen LogP contribution < -0.4 is 5.32 Å². The molecule has 1 aliphatic carbocycles. The Labute approximate surface area is 121 Å². The van der Waals surface area contributed by atoms with Gasteiger partial charge in [0.1, 0.15) is 0 Å². The first-order valence-electron chi connectivity index (χ1n) is 6.39. The van der Waals surface area contributed by atoms with Crippen molar-refractivity contribution in [1.29, 1.82) is 0 Å². The molecule has 1 N–H and O–H groups in total. The molecule has 0 saturated heterocycles. The minimum absolute atomic E-state index is 0.592. The summed E-state index contributed by atoms with van der Waals surface area (Å²) < 4.78 is 3.37. The fourth-order valence-corrected chi connectivity index (χ4v) is 3.02. The highest BCUT2D eigenvalue weighted by Crippen LogP contribution is 2.23. The maximum Gasteiger partial charge on any atom is 0.207 e. The Morgan fingerprint density at radius 2 is 2.11 bits per heavy atom. The van der Waals surface area contributed by atoms with Crippen molar-refractivity contribution in [2.75, 3.05) is 5.32 Å².